The van der Waals surface area contributed by atoms with E-state index in [1.54, 1.807) is 0 Å². The first kappa shape index (κ1) is 9.79. The second-order valence-corrected chi connectivity index (χ2v) is 2.81. The lowest BCUT2D eigenvalue weighted by Crippen LogP contribution is -2.46. The first-order valence-electron chi connectivity index (χ1n) is 4.19. The number of carbonyl (C=O) groups excluding carboxylic acids is 1. The van der Waals surface area contributed by atoms with Gasteiger partial charge < -0.3 is 21.5 Å². The second-order valence-electron chi connectivity index (χ2n) is 2.81. The third kappa shape index (κ3) is 3.29. The summed E-state index contributed by atoms with van der Waals surface area (Å²) in [5.41, 5.74) is 4.86. The predicted octanol–water partition coefficient (Wildman–Crippen LogP) is -2.23. The number of rotatable bonds is 3. The third-order valence-corrected chi connectivity index (χ3v) is 1.69. The number of hydrogen-bond donors (Lipinski definition) is 4. The number of aliphatic hydroxyl groups is 1. The van der Waals surface area contributed by atoms with E-state index in [0.29, 0.717) is 5.96 Å². The minimum absolute atomic E-state index is 0.0984. The Morgan fingerprint density at radius 3 is 3.15 bits per heavy atom. The minimum Gasteiger partial charge on any atom is -0.381 e. The molecule has 6 nitrogen and oxygen atoms in total. The first-order chi connectivity index (χ1) is 6.20. The van der Waals surface area contributed by atoms with Crippen molar-refractivity contribution in [1.29, 1.82) is 0 Å². The van der Waals surface area contributed by atoms with E-state index in [0.717, 1.165) is 19.5 Å². The summed E-state index contributed by atoms with van der Waals surface area (Å²) in [7, 11) is 0. The van der Waals surface area contributed by atoms with Crippen LogP contribution in [0.4, 0.5) is 0 Å². The van der Waals surface area contributed by atoms with E-state index in [4.69, 9.17) is 10.8 Å². The topological polar surface area (TPSA) is 99.7 Å². The molecule has 0 bridgehead atoms. The summed E-state index contributed by atoms with van der Waals surface area (Å²) in [6.07, 6.45) is -0.157. The van der Waals surface area contributed by atoms with Gasteiger partial charge in [0.25, 0.3) is 0 Å². The molecule has 0 saturated carbocycles. The van der Waals surface area contributed by atoms with Gasteiger partial charge in [0.2, 0.25) is 5.91 Å². The van der Waals surface area contributed by atoms with Gasteiger partial charge in [-0.05, 0) is 6.42 Å². The van der Waals surface area contributed by atoms with Crippen LogP contribution in [0.5, 0.6) is 0 Å². The number of amides is 1. The average Bonchev–Trinajstić information content (AvgIpc) is 2.15. The molecule has 1 aliphatic heterocycles. The lowest BCUT2D eigenvalue weighted by molar-refractivity contribution is -0.125. The Hall–Kier alpha value is -1.30. The van der Waals surface area contributed by atoms with Gasteiger partial charge in [0, 0.05) is 13.1 Å². The number of nitrogens with one attached hydrogen (secondary N) is 2. The van der Waals surface area contributed by atoms with Gasteiger partial charge in [0.15, 0.2) is 5.96 Å². The number of nitrogens with two attached hydrogens (primary N) is 1. The quantitative estimate of drug-likeness (QED) is 0.401. The van der Waals surface area contributed by atoms with E-state index in [-0.39, 0.29) is 6.54 Å². The molecule has 74 valence electrons. The average molecular weight is 186 g/mol. The van der Waals surface area contributed by atoms with Gasteiger partial charge in [-0.2, -0.15) is 0 Å². The molecule has 5 N–H and O–H groups in total. The molecule has 1 atom stereocenters. The largest absolute Gasteiger partial charge is 0.381 e. The molecule has 1 amide bonds. The monoisotopic (exact) mass is 186 g/mol. The normalized spacial score (nSPS) is 18.4. The highest BCUT2D eigenvalue weighted by Gasteiger charge is 2.11. The molecule has 0 radical (unpaired) electrons. The fourth-order valence-corrected chi connectivity index (χ4v) is 0.945. The first-order valence-corrected chi connectivity index (χ1v) is 4.19. The number of hydrogen-bond acceptors (Lipinski definition) is 5. The fourth-order valence-electron chi connectivity index (χ4n) is 0.945. The van der Waals surface area contributed by atoms with Gasteiger partial charge in [-0.25, -0.2) is 0 Å². The molecular weight excluding hydrogens is 172 g/mol. The lowest BCUT2D eigenvalue weighted by atomic mass is 10.3. The summed E-state index contributed by atoms with van der Waals surface area (Å²) in [4.78, 5) is 14.5. The van der Waals surface area contributed by atoms with Crippen molar-refractivity contribution in [2.45, 2.75) is 12.5 Å². The van der Waals surface area contributed by atoms with Crippen molar-refractivity contribution < 1.29 is 9.90 Å². The highest BCUT2D eigenvalue weighted by Crippen LogP contribution is 1.87. The van der Waals surface area contributed by atoms with Gasteiger partial charge in [-0.3, -0.25) is 9.79 Å². The lowest BCUT2D eigenvalue weighted by Gasteiger charge is -2.16. The van der Waals surface area contributed by atoms with E-state index in [2.05, 4.69) is 15.6 Å². The summed E-state index contributed by atoms with van der Waals surface area (Å²) in [5.74, 6) is -0.115. The summed E-state index contributed by atoms with van der Waals surface area (Å²) in [6, 6.07) is 0. The zero-order chi connectivity index (χ0) is 9.68. The number of primary amides is 1. The zero-order valence-electron chi connectivity index (χ0n) is 7.29. The summed E-state index contributed by atoms with van der Waals surface area (Å²) in [6.45, 7) is 1.72. The van der Waals surface area contributed by atoms with E-state index >= 15 is 0 Å². The van der Waals surface area contributed by atoms with Crippen LogP contribution in [0.15, 0.2) is 4.99 Å². The Balaban J connectivity index is 2.25. The van der Waals surface area contributed by atoms with Crippen molar-refractivity contribution in [2.75, 3.05) is 19.6 Å². The summed E-state index contributed by atoms with van der Waals surface area (Å²) >= 11 is 0. The van der Waals surface area contributed by atoms with Gasteiger partial charge >= 0.3 is 0 Å². The molecule has 0 fully saturated rings. The van der Waals surface area contributed by atoms with E-state index < -0.39 is 12.0 Å². The molecule has 1 aliphatic rings. The van der Waals surface area contributed by atoms with Gasteiger partial charge in [0.05, 0.1) is 6.54 Å². The molecule has 0 aliphatic carbocycles. The number of aliphatic hydroxyl groups excluding tert-OH is 1. The van der Waals surface area contributed by atoms with Gasteiger partial charge in [-0.1, -0.05) is 0 Å². The Bertz CT molecular complexity index is 217. The van der Waals surface area contributed by atoms with Crippen LogP contribution < -0.4 is 16.4 Å². The van der Waals surface area contributed by atoms with E-state index in [1.807, 2.05) is 0 Å². The molecule has 0 aromatic carbocycles. The zero-order valence-corrected chi connectivity index (χ0v) is 7.29. The van der Waals surface area contributed by atoms with Crippen LogP contribution in [0.25, 0.3) is 0 Å². The van der Waals surface area contributed by atoms with Crippen molar-refractivity contribution in [3.63, 3.8) is 0 Å². The van der Waals surface area contributed by atoms with E-state index in [1.165, 1.54) is 0 Å². The van der Waals surface area contributed by atoms with Crippen molar-refractivity contribution >= 4 is 11.9 Å². The second kappa shape index (κ2) is 4.66. The van der Waals surface area contributed by atoms with Crippen LogP contribution in [0.3, 0.4) is 0 Å². The van der Waals surface area contributed by atoms with Crippen molar-refractivity contribution in [1.82, 2.24) is 10.6 Å². The molecule has 1 rings (SSSR count). The van der Waals surface area contributed by atoms with Crippen LogP contribution >= 0.6 is 0 Å². The maximum absolute atomic E-state index is 10.4. The smallest absolute Gasteiger partial charge is 0.248 e. The summed E-state index contributed by atoms with van der Waals surface area (Å²) < 4.78 is 0. The molecular formula is C7H14N4O2. The number of guanidine groups is 1. The molecule has 0 saturated heterocycles. The molecule has 1 unspecified atom stereocenters. The standard InChI is InChI=1S/C7H14N4O2/c8-6(13)5(12)4-11-7-9-2-1-3-10-7/h5,12H,1-4H2,(H2,8,13)(H2,9,10,11). The Kier molecular flexibility index (Phi) is 3.51. The SMILES string of the molecule is NC(=O)C(O)CNC1=NCCCN1. The molecule has 13 heavy (non-hydrogen) atoms. The summed E-state index contributed by atoms with van der Waals surface area (Å²) in [5, 5.41) is 14.8. The number of nitrogens with zero attached hydrogens (tertiary/aromatic N) is 1. The van der Waals surface area contributed by atoms with Crippen LogP contribution in [-0.4, -0.2) is 42.7 Å². The van der Waals surface area contributed by atoms with Crippen molar-refractivity contribution in [2.24, 2.45) is 10.7 Å². The number of aliphatic imine (C=N–C) groups is 1. The van der Waals surface area contributed by atoms with Crippen LogP contribution in [0, 0.1) is 0 Å². The Morgan fingerprint density at radius 2 is 2.62 bits per heavy atom. The van der Waals surface area contributed by atoms with Crippen molar-refractivity contribution in [3.05, 3.63) is 0 Å². The molecule has 1 heterocycles. The fraction of sp³-hybridized carbons (Fsp3) is 0.714. The Morgan fingerprint density at radius 1 is 1.85 bits per heavy atom. The van der Waals surface area contributed by atoms with Gasteiger partial charge in [-0.15, -0.1) is 0 Å². The molecule has 0 aromatic heterocycles. The van der Waals surface area contributed by atoms with Crippen LogP contribution in [-0.2, 0) is 4.79 Å². The highest BCUT2D eigenvalue weighted by molar-refractivity contribution is 5.82. The molecule has 0 aromatic rings. The predicted molar refractivity (Wildman–Crippen MR) is 48.1 cm³/mol. The third-order valence-electron chi connectivity index (χ3n) is 1.69. The Labute approximate surface area is 76.2 Å². The highest BCUT2D eigenvalue weighted by atomic mass is 16.3. The number of carbonyl (C=O) groups is 1. The van der Waals surface area contributed by atoms with Gasteiger partial charge in [0.1, 0.15) is 6.10 Å². The molecule has 6 heteroatoms. The van der Waals surface area contributed by atoms with E-state index in [9.17, 15) is 4.79 Å². The maximum atomic E-state index is 10.4. The minimum atomic E-state index is -1.16. The maximum Gasteiger partial charge on any atom is 0.248 e. The molecule has 0 spiro atoms. The van der Waals surface area contributed by atoms with Crippen LogP contribution in [0.1, 0.15) is 6.42 Å². The van der Waals surface area contributed by atoms with Crippen molar-refractivity contribution in [3.8, 4) is 0 Å². The van der Waals surface area contributed by atoms with Crippen LogP contribution in [0.2, 0.25) is 0 Å².